The van der Waals surface area contributed by atoms with Crippen LogP contribution in [0.15, 0.2) is 24.4 Å². The van der Waals surface area contributed by atoms with Crippen LogP contribution in [0.5, 0.6) is 0 Å². The molecule has 2 rings (SSSR count). The molecule has 0 radical (unpaired) electrons. The number of carboxylic acid groups (broad SMARTS) is 1. The molecule has 1 heterocycles. The van der Waals surface area contributed by atoms with Crippen LogP contribution in [0.1, 0.15) is 11.7 Å². The van der Waals surface area contributed by atoms with Crippen LogP contribution in [0.3, 0.4) is 0 Å². The Hall–Kier alpha value is -1.92. The van der Waals surface area contributed by atoms with Crippen molar-refractivity contribution in [3.8, 4) is 0 Å². The van der Waals surface area contributed by atoms with E-state index >= 15 is 0 Å². The normalized spacial score (nSPS) is 14.9. The Morgan fingerprint density at radius 1 is 1.38 bits per heavy atom. The molecule has 1 aromatic heterocycles. The molecule has 0 bridgehead atoms. The Labute approximate surface area is 90.1 Å². The lowest BCUT2D eigenvalue weighted by Gasteiger charge is -2.14. The molecule has 16 heavy (non-hydrogen) atoms. The highest BCUT2D eigenvalue weighted by molar-refractivity contribution is 5.79. The van der Waals surface area contributed by atoms with Crippen LogP contribution in [0.25, 0.3) is 10.9 Å². The van der Waals surface area contributed by atoms with Gasteiger partial charge in [-0.05, 0) is 11.6 Å². The number of aliphatic hydroxyl groups excluding tert-OH is 2. The predicted octanol–water partition coefficient (Wildman–Crippen LogP) is 0.0418. The Bertz CT molecular complexity index is 522. The van der Waals surface area contributed by atoms with E-state index in [9.17, 15) is 15.0 Å². The number of aromatic nitrogens is 2. The third kappa shape index (κ3) is 1.75. The summed E-state index contributed by atoms with van der Waals surface area (Å²) in [4.78, 5) is 10.5. The van der Waals surface area contributed by atoms with E-state index in [4.69, 9.17) is 5.11 Å². The molecule has 84 valence electrons. The summed E-state index contributed by atoms with van der Waals surface area (Å²) in [6, 6.07) is 4.79. The lowest BCUT2D eigenvalue weighted by molar-refractivity contribution is -0.153. The number of carboxylic acids is 1. The SMILES string of the molecule is O=C(O)C(O)C(O)c1ccc2cn[nH]c2c1. The highest BCUT2D eigenvalue weighted by Gasteiger charge is 2.25. The van der Waals surface area contributed by atoms with Gasteiger partial charge in [-0.25, -0.2) is 4.79 Å². The lowest BCUT2D eigenvalue weighted by atomic mass is 10.0. The van der Waals surface area contributed by atoms with Gasteiger partial charge in [-0.15, -0.1) is 0 Å². The number of nitrogens with zero attached hydrogens (tertiary/aromatic N) is 1. The summed E-state index contributed by atoms with van der Waals surface area (Å²) in [7, 11) is 0. The largest absolute Gasteiger partial charge is 0.479 e. The van der Waals surface area contributed by atoms with Gasteiger partial charge >= 0.3 is 5.97 Å². The first-order valence-corrected chi connectivity index (χ1v) is 4.61. The van der Waals surface area contributed by atoms with Gasteiger partial charge in [-0.1, -0.05) is 12.1 Å². The Morgan fingerprint density at radius 2 is 2.12 bits per heavy atom. The summed E-state index contributed by atoms with van der Waals surface area (Å²) in [5.74, 6) is -1.46. The van der Waals surface area contributed by atoms with Gasteiger partial charge in [0.25, 0.3) is 0 Å². The van der Waals surface area contributed by atoms with E-state index in [0.717, 1.165) is 5.39 Å². The zero-order valence-electron chi connectivity index (χ0n) is 8.16. The van der Waals surface area contributed by atoms with E-state index in [1.54, 1.807) is 24.4 Å². The van der Waals surface area contributed by atoms with Crippen molar-refractivity contribution >= 4 is 16.9 Å². The third-order valence-corrected chi connectivity index (χ3v) is 2.36. The highest BCUT2D eigenvalue weighted by atomic mass is 16.4. The number of aliphatic carboxylic acids is 1. The molecule has 0 aliphatic rings. The van der Waals surface area contributed by atoms with Gasteiger partial charge < -0.3 is 15.3 Å². The summed E-state index contributed by atoms with van der Waals surface area (Å²) in [6.07, 6.45) is -1.68. The van der Waals surface area contributed by atoms with Gasteiger partial charge in [-0.3, -0.25) is 5.10 Å². The molecule has 0 fully saturated rings. The van der Waals surface area contributed by atoms with E-state index in [2.05, 4.69) is 10.2 Å². The first-order chi connectivity index (χ1) is 7.59. The van der Waals surface area contributed by atoms with Crippen molar-refractivity contribution in [2.24, 2.45) is 0 Å². The van der Waals surface area contributed by atoms with Crippen molar-refractivity contribution in [3.05, 3.63) is 30.0 Å². The number of nitrogens with one attached hydrogen (secondary N) is 1. The van der Waals surface area contributed by atoms with Crippen molar-refractivity contribution in [3.63, 3.8) is 0 Å². The topological polar surface area (TPSA) is 106 Å². The number of aliphatic hydroxyl groups is 2. The molecule has 4 N–H and O–H groups in total. The van der Waals surface area contributed by atoms with E-state index in [1.807, 2.05) is 0 Å². The summed E-state index contributed by atoms with van der Waals surface area (Å²) in [5, 5.41) is 34.7. The van der Waals surface area contributed by atoms with Gasteiger partial charge in [-0.2, -0.15) is 5.10 Å². The van der Waals surface area contributed by atoms with Crippen LogP contribution in [-0.4, -0.2) is 37.6 Å². The number of carbonyl (C=O) groups is 1. The van der Waals surface area contributed by atoms with Crippen LogP contribution in [0, 0.1) is 0 Å². The van der Waals surface area contributed by atoms with Gasteiger partial charge in [0.05, 0.1) is 11.7 Å². The van der Waals surface area contributed by atoms with Gasteiger partial charge in [0.15, 0.2) is 6.10 Å². The van der Waals surface area contributed by atoms with Crippen molar-refractivity contribution < 1.29 is 20.1 Å². The predicted molar refractivity (Wildman–Crippen MR) is 54.7 cm³/mol. The molecule has 2 aromatic rings. The first-order valence-electron chi connectivity index (χ1n) is 4.61. The van der Waals surface area contributed by atoms with Crippen molar-refractivity contribution in [2.75, 3.05) is 0 Å². The number of hydrogen-bond acceptors (Lipinski definition) is 4. The minimum Gasteiger partial charge on any atom is -0.479 e. The molecule has 0 saturated carbocycles. The number of fused-ring (bicyclic) bond motifs is 1. The Morgan fingerprint density at radius 3 is 2.81 bits per heavy atom. The van der Waals surface area contributed by atoms with Crippen LogP contribution in [0.2, 0.25) is 0 Å². The van der Waals surface area contributed by atoms with Crippen LogP contribution >= 0.6 is 0 Å². The molecular weight excluding hydrogens is 212 g/mol. The van der Waals surface area contributed by atoms with E-state index in [1.165, 1.54) is 0 Å². The number of H-pyrrole nitrogens is 1. The molecule has 0 aliphatic heterocycles. The van der Waals surface area contributed by atoms with Crippen molar-refractivity contribution in [1.29, 1.82) is 0 Å². The molecular formula is C10H10N2O4. The fraction of sp³-hybridized carbons (Fsp3) is 0.200. The monoisotopic (exact) mass is 222 g/mol. The zero-order chi connectivity index (χ0) is 11.7. The summed E-state index contributed by atoms with van der Waals surface area (Å²) in [6.45, 7) is 0. The molecule has 0 saturated heterocycles. The van der Waals surface area contributed by atoms with Gasteiger partial charge in [0, 0.05) is 5.39 Å². The fourth-order valence-corrected chi connectivity index (χ4v) is 1.46. The third-order valence-electron chi connectivity index (χ3n) is 2.36. The molecule has 2 unspecified atom stereocenters. The maximum absolute atomic E-state index is 10.5. The number of rotatable bonds is 3. The maximum Gasteiger partial charge on any atom is 0.335 e. The van der Waals surface area contributed by atoms with Crippen LogP contribution < -0.4 is 0 Å². The Kier molecular flexibility index (Phi) is 2.59. The molecule has 0 spiro atoms. The van der Waals surface area contributed by atoms with Crippen LogP contribution in [-0.2, 0) is 4.79 Å². The average Bonchev–Trinajstić information content (AvgIpc) is 2.73. The quantitative estimate of drug-likeness (QED) is 0.586. The molecule has 0 amide bonds. The summed E-state index contributed by atoms with van der Waals surface area (Å²) < 4.78 is 0. The molecule has 2 atom stereocenters. The number of aromatic amines is 1. The van der Waals surface area contributed by atoms with Crippen molar-refractivity contribution in [1.82, 2.24) is 10.2 Å². The van der Waals surface area contributed by atoms with E-state index in [0.29, 0.717) is 11.1 Å². The minimum absolute atomic E-state index is 0.326. The lowest BCUT2D eigenvalue weighted by Crippen LogP contribution is -2.27. The second-order valence-electron chi connectivity index (χ2n) is 3.44. The second kappa shape index (κ2) is 3.92. The Balaban J connectivity index is 2.35. The summed E-state index contributed by atoms with van der Waals surface area (Å²) in [5.41, 5.74) is 1.00. The first kappa shape index (κ1) is 10.6. The zero-order valence-corrected chi connectivity index (χ0v) is 8.16. The van der Waals surface area contributed by atoms with Crippen LogP contribution in [0.4, 0.5) is 0 Å². The average molecular weight is 222 g/mol. The fourth-order valence-electron chi connectivity index (χ4n) is 1.46. The molecule has 6 nitrogen and oxygen atoms in total. The molecule has 0 aliphatic carbocycles. The highest BCUT2D eigenvalue weighted by Crippen LogP contribution is 2.21. The number of benzene rings is 1. The maximum atomic E-state index is 10.5. The smallest absolute Gasteiger partial charge is 0.335 e. The summed E-state index contributed by atoms with van der Waals surface area (Å²) >= 11 is 0. The number of hydrogen-bond donors (Lipinski definition) is 4. The standard InChI is InChI=1S/C10H10N2O4/c13-8(9(14)10(15)16)5-1-2-6-4-11-12-7(6)3-5/h1-4,8-9,13-14H,(H,11,12)(H,15,16). The molecule has 1 aromatic carbocycles. The van der Waals surface area contributed by atoms with Gasteiger partial charge in [0.2, 0.25) is 0 Å². The van der Waals surface area contributed by atoms with Gasteiger partial charge in [0.1, 0.15) is 6.10 Å². The second-order valence-corrected chi connectivity index (χ2v) is 3.44. The minimum atomic E-state index is -1.83. The van der Waals surface area contributed by atoms with Crippen molar-refractivity contribution in [2.45, 2.75) is 12.2 Å². The van der Waals surface area contributed by atoms with E-state index < -0.39 is 18.2 Å². The molecule has 6 heteroatoms. The van der Waals surface area contributed by atoms with E-state index in [-0.39, 0.29) is 0 Å².